The van der Waals surface area contributed by atoms with E-state index in [1.165, 1.54) is 4.90 Å². The van der Waals surface area contributed by atoms with Crippen LogP contribution in [0.5, 0.6) is 0 Å². The van der Waals surface area contributed by atoms with E-state index in [-0.39, 0.29) is 11.8 Å². The molecule has 0 bridgehead atoms. The molecule has 1 heterocycles. The highest BCUT2D eigenvalue weighted by Gasteiger charge is 2.52. The Bertz CT molecular complexity index is 579. The first kappa shape index (κ1) is 13.4. The Hall–Kier alpha value is -1.55. The summed E-state index contributed by atoms with van der Waals surface area (Å²) >= 11 is 6.14. The number of benzene rings is 1. The molecule has 20 heavy (non-hydrogen) atoms. The fourth-order valence-electron chi connectivity index (χ4n) is 3.36. The molecule has 1 aliphatic heterocycles. The molecule has 106 valence electrons. The zero-order chi connectivity index (χ0) is 14.3. The van der Waals surface area contributed by atoms with E-state index in [9.17, 15) is 9.59 Å². The predicted octanol–water partition coefficient (Wildman–Crippen LogP) is 3.14. The number of nitrogens with zero attached hydrogens (tertiary/aromatic N) is 1. The summed E-state index contributed by atoms with van der Waals surface area (Å²) in [5.41, 5.74) is 6.15. The minimum atomic E-state index is -0.486. The van der Waals surface area contributed by atoms with Crippen molar-refractivity contribution in [2.75, 3.05) is 10.6 Å². The van der Waals surface area contributed by atoms with Crippen molar-refractivity contribution in [3.8, 4) is 0 Å². The largest absolute Gasteiger partial charge is 0.399 e. The predicted molar refractivity (Wildman–Crippen MR) is 78.5 cm³/mol. The van der Waals surface area contributed by atoms with Crippen LogP contribution in [0, 0.1) is 5.41 Å². The summed E-state index contributed by atoms with van der Waals surface area (Å²) < 4.78 is 0. The molecule has 2 aliphatic rings. The van der Waals surface area contributed by atoms with Gasteiger partial charge in [-0.15, -0.1) is 0 Å². The van der Waals surface area contributed by atoms with Crippen LogP contribution in [0.4, 0.5) is 11.4 Å². The molecular formula is C15H17ClN2O2. The lowest BCUT2D eigenvalue weighted by Crippen LogP contribution is -2.37. The first-order valence-electron chi connectivity index (χ1n) is 6.96. The number of amides is 2. The van der Waals surface area contributed by atoms with Crippen molar-refractivity contribution < 1.29 is 9.59 Å². The van der Waals surface area contributed by atoms with Crippen molar-refractivity contribution in [1.29, 1.82) is 0 Å². The summed E-state index contributed by atoms with van der Waals surface area (Å²) in [7, 11) is 0. The van der Waals surface area contributed by atoms with Crippen LogP contribution in [0.1, 0.15) is 38.5 Å². The normalized spacial score (nSPS) is 21.8. The Morgan fingerprint density at radius 2 is 1.85 bits per heavy atom. The molecule has 1 spiro atoms. The monoisotopic (exact) mass is 292 g/mol. The second-order valence-electron chi connectivity index (χ2n) is 5.76. The van der Waals surface area contributed by atoms with Gasteiger partial charge in [0.1, 0.15) is 0 Å². The Morgan fingerprint density at radius 1 is 1.15 bits per heavy atom. The van der Waals surface area contributed by atoms with Gasteiger partial charge in [-0.25, -0.2) is 4.90 Å². The van der Waals surface area contributed by atoms with Gasteiger partial charge in [-0.05, 0) is 31.0 Å². The van der Waals surface area contributed by atoms with E-state index in [0.29, 0.717) is 22.8 Å². The summed E-state index contributed by atoms with van der Waals surface area (Å²) in [5.74, 6) is -0.238. The Kier molecular flexibility index (Phi) is 3.21. The van der Waals surface area contributed by atoms with Gasteiger partial charge in [-0.3, -0.25) is 9.59 Å². The molecule has 1 aromatic rings. The van der Waals surface area contributed by atoms with Gasteiger partial charge in [0.25, 0.3) is 0 Å². The van der Waals surface area contributed by atoms with Crippen LogP contribution < -0.4 is 10.6 Å². The van der Waals surface area contributed by atoms with Crippen LogP contribution in [0.3, 0.4) is 0 Å². The molecule has 2 fully saturated rings. The molecule has 0 radical (unpaired) electrons. The van der Waals surface area contributed by atoms with Gasteiger partial charge in [-0.1, -0.05) is 30.9 Å². The molecule has 1 aromatic carbocycles. The third-order valence-electron chi connectivity index (χ3n) is 4.42. The number of rotatable bonds is 1. The molecule has 0 atom stereocenters. The van der Waals surface area contributed by atoms with E-state index in [0.717, 1.165) is 32.1 Å². The van der Waals surface area contributed by atoms with E-state index in [4.69, 9.17) is 17.3 Å². The van der Waals surface area contributed by atoms with E-state index < -0.39 is 5.41 Å². The highest BCUT2D eigenvalue weighted by molar-refractivity contribution is 6.36. The van der Waals surface area contributed by atoms with Gasteiger partial charge >= 0.3 is 0 Å². The highest BCUT2D eigenvalue weighted by Crippen LogP contribution is 2.47. The maximum Gasteiger partial charge on any atom is 0.240 e. The lowest BCUT2D eigenvalue weighted by Gasteiger charge is -2.30. The average Bonchev–Trinajstić information content (AvgIpc) is 2.63. The molecule has 5 heteroatoms. The molecule has 1 saturated heterocycles. The Labute approximate surface area is 122 Å². The smallest absolute Gasteiger partial charge is 0.240 e. The molecule has 2 N–H and O–H groups in total. The van der Waals surface area contributed by atoms with Gasteiger partial charge in [0, 0.05) is 12.1 Å². The molecule has 3 rings (SSSR count). The summed E-state index contributed by atoms with van der Waals surface area (Å²) in [6.45, 7) is 0. The fraction of sp³-hybridized carbons (Fsp3) is 0.467. The summed E-state index contributed by atoms with van der Waals surface area (Å²) in [5, 5.41) is 0.347. The van der Waals surface area contributed by atoms with Crippen molar-refractivity contribution in [3.63, 3.8) is 0 Å². The number of anilines is 2. The van der Waals surface area contributed by atoms with Gasteiger partial charge in [0.15, 0.2) is 0 Å². The molecule has 1 saturated carbocycles. The number of carbonyl (C=O) groups excluding carboxylic acids is 2. The lowest BCUT2D eigenvalue weighted by atomic mass is 9.73. The minimum absolute atomic E-state index is 0.0890. The number of halogens is 1. The Balaban J connectivity index is 1.98. The van der Waals surface area contributed by atoms with Gasteiger partial charge in [0.2, 0.25) is 11.8 Å². The average molecular weight is 293 g/mol. The molecule has 2 amide bonds. The highest BCUT2D eigenvalue weighted by atomic mass is 35.5. The first-order chi connectivity index (χ1) is 9.53. The van der Waals surface area contributed by atoms with E-state index in [1.807, 2.05) is 0 Å². The summed E-state index contributed by atoms with van der Waals surface area (Å²) in [6, 6.07) is 4.88. The number of nitrogens with two attached hydrogens (primary N) is 1. The third kappa shape index (κ3) is 1.99. The van der Waals surface area contributed by atoms with Crippen molar-refractivity contribution in [3.05, 3.63) is 23.2 Å². The van der Waals surface area contributed by atoms with Gasteiger partial charge < -0.3 is 5.73 Å². The van der Waals surface area contributed by atoms with Crippen LogP contribution in [-0.2, 0) is 9.59 Å². The quantitative estimate of drug-likeness (QED) is 0.639. The minimum Gasteiger partial charge on any atom is -0.399 e. The lowest BCUT2D eigenvalue weighted by molar-refractivity contribution is -0.127. The zero-order valence-corrected chi connectivity index (χ0v) is 11.9. The Morgan fingerprint density at radius 3 is 2.50 bits per heavy atom. The maximum atomic E-state index is 12.7. The first-order valence-corrected chi connectivity index (χ1v) is 7.34. The molecule has 0 aromatic heterocycles. The van der Waals surface area contributed by atoms with E-state index in [2.05, 4.69) is 0 Å². The summed E-state index contributed by atoms with van der Waals surface area (Å²) in [4.78, 5) is 26.3. The second-order valence-corrected chi connectivity index (χ2v) is 6.17. The second kappa shape index (κ2) is 4.77. The third-order valence-corrected chi connectivity index (χ3v) is 4.72. The van der Waals surface area contributed by atoms with E-state index >= 15 is 0 Å². The maximum absolute atomic E-state index is 12.7. The van der Waals surface area contributed by atoms with Crippen molar-refractivity contribution in [2.24, 2.45) is 5.41 Å². The van der Waals surface area contributed by atoms with Crippen LogP contribution in [-0.4, -0.2) is 11.8 Å². The van der Waals surface area contributed by atoms with Crippen LogP contribution in [0.2, 0.25) is 5.02 Å². The topological polar surface area (TPSA) is 63.4 Å². The number of imide groups is 1. The molecule has 1 aliphatic carbocycles. The van der Waals surface area contributed by atoms with Crippen LogP contribution >= 0.6 is 11.6 Å². The molecule has 4 nitrogen and oxygen atoms in total. The molecule has 0 unspecified atom stereocenters. The van der Waals surface area contributed by atoms with Crippen molar-refractivity contribution >= 4 is 34.8 Å². The van der Waals surface area contributed by atoms with Gasteiger partial charge in [-0.2, -0.15) is 0 Å². The van der Waals surface area contributed by atoms with Crippen molar-refractivity contribution in [1.82, 2.24) is 0 Å². The zero-order valence-electron chi connectivity index (χ0n) is 11.2. The van der Waals surface area contributed by atoms with E-state index in [1.54, 1.807) is 18.2 Å². The number of hydrogen-bond donors (Lipinski definition) is 1. The van der Waals surface area contributed by atoms with Crippen molar-refractivity contribution in [2.45, 2.75) is 38.5 Å². The summed E-state index contributed by atoms with van der Waals surface area (Å²) in [6.07, 6.45) is 5.10. The molecular weight excluding hydrogens is 276 g/mol. The van der Waals surface area contributed by atoms with Crippen LogP contribution in [0.15, 0.2) is 18.2 Å². The number of carbonyl (C=O) groups is 2. The van der Waals surface area contributed by atoms with Gasteiger partial charge in [0.05, 0.1) is 16.1 Å². The number of hydrogen-bond acceptors (Lipinski definition) is 3. The fourth-order valence-corrected chi connectivity index (χ4v) is 3.64. The van der Waals surface area contributed by atoms with Crippen LogP contribution in [0.25, 0.3) is 0 Å². The number of nitrogen functional groups attached to an aromatic ring is 1. The SMILES string of the molecule is Nc1ccc(N2C(=O)CC3(CCCCC3)C2=O)c(Cl)c1. The standard InChI is InChI=1S/C15H17ClN2O2/c16-11-8-10(17)4-5-12(11)18-13(19)9-15(14(18)20)6-2-1-3-7-15/h4-5,8H,1-3,6-7,9,17H2.